The van der Waals surface area contributed by atoms with Gasteiger partial charge in [0.2, 0.25) is 0 Å². The fraction of sp³-hybridized carbons (Fsp3) is 0.400. The Bertz CT molecular complexity index is 558. The zero-order valence-electron chi connectivity index (χ0n) is 11.8. The summed E-state index contributed by atoms with van der Waals surface area (Å²) in [5.41, 5.74) is 3.39. The van der Waals surface area contributed by atoms with Crippen molar-refractivity contribution in [3.63, 3.8) is 0 Å². The molecule has 0 saturated carbocycles. The minimum atomic E-state index is 0.678. The second-order valence-corrected chi connectivity index (χ2v) is 5.83. The number of aryl methyl sites for hydroxylation is 3. The number of benzene rings is 1. The van der Waals surface area contributed by atoms with Gasteiger partial charge in [0.25, 0.3) is 0 Å². The summed E-state index contributed by atoms with van der Waals surface area (Å²) < 4.78 is 2.05. The maximum absolute atomic E-state index is 5.97. The Kier molecular flexibility index (Phi) is 5.46. The molecular weight excluding hydrogens is 293 g/mol. The van der Waals surface area contributed by atoms with Crippen LogP contribution < -0.4 is 5.32 Å². The van der Waals surface area contributed by atoms with Crippen LogP contribution in [0.1, 0.15) is 23.4 Å². The van der Waals surface area contributed by atoms with Crippen molar-refractivity contribution in [1.82, 2.24) is 15.1 Å². The number of rotatable bonds is 6. The van der Waals surface area contributed by atoms with Gasteiger partial charge in [0.05, 0.1) is 5.69 Å². The van der Waals surface area contributed by atoms with E-state index in [2.05, 4.69) is 23.4 Å². The first-order valence-electron chi connectivity index (χ1n) is 6.71. The molecule has 0 radical (unpaired) electrons. The molecule has 1 aromatic carbocycles. The highest BCUT2D eigenvalue weighted by molar-refractivity contribution is 6.34. The molecule has 0 aliphatic carbocycles. The zero-order valence-corrected chi connectivity index (χ0v) is 13.3. The van der Waals surface area contributed by atoms with Crippen LogP contribution in [0.2, 0.25) is 10.0 Å². The van der Waals surface area contributed by atoms with Gasteiger partial charge in [-0.1, -0.05) is 23.2 Å². The van der Waals surface area contributed by atoms with Gasteiger partial charge in [0.1, 0.15) is 0 Å². The van der Waals surface area contributed by atoms with Gasteiger partial charge in [-0.15, -0.1) is 0 Å². The number of halogens is 2. The molecular formula is C15H19Cl2N3. The molecule has 0 atom stereocenters. The number of hydrogen-bond donors (Lipinski definition) is 1. The molecule has 0 fully saturated rings. The molecule has 0 aliphatic rings. The lowest BCUT2D eigenvalue weighted by Crippen LogP contribution is -2.17. The Labute approximate surface area is 129 Å². The van der Waals surface area contributed by atoms with E-state index in [1.165, 1.54) is 5.69 Å². The van der Waals surface area contributed by atoms with Crippen LogP contribution in [0.3, 0.4) is 0 Å². The van der Waals surface area contributed by atoms with Gasteiger partial charge in [0, 0.05) is 28.8 Å². The second kappa shape index (κ2) is 7.11. The Hall–Kier alpha value is -1.03. The first kappa shape index (κ1) is 15.4. The van der Waals surface area contributed by atoms with Crippen LogP contribution in [0, 0.1) is 13.8 Å². The van der Waals surface area contributed by atoms with Crippen molar-refractivity contribution >= 4 is 23.2 Å². The van der Waals surface area contributed by atoms with E-state index in [-0.39, 0.29) is 0 Å². The fourth-order valence-electron chi connectivity index (χ4n) is 2.20. The SMILES string of the molecule is Cc1cc(C)n(CCCNCc2cc(Cl)cc(Cl)c2)n1. The minimum Gasteiger partial charge on any atom is -0.313 e. The van der Waals surface area contributed by atoms with Gasteiger partial charge < -0.3 is 5.32 Å². The topological polar surface area (TPSA) is 29.9 Å². The highest BCUT2D eigenvalue weighted by Gasteiger charge is 2.01. The lowest BCUT2D eigenvalue weighted by molar-refractivity contribution is 0.532. The Morgan fingerprint density at radius 2 is 1.80 bits per heavy atom. The average Bonchev–Trinajstić information content (AvgIpc) is 2.66. The molecule has 0 spiro atoms. The van der Waals surface area contributed by atoms with Crippen LogP contribution in [0.15, 0.2) is 24.3 Å². The third-order valence-corrected chi connectivity index (χ3v) is 3.51. The zero-order chi connectivity index (χ0) is 14.5. The van der Waals surface area contributed by atoms with Crippen LogP contribution in [0.5, 0.6) is 0 Å². The summed E-state index contributed by atoms with van der Waals surface area (Å²) in [4.78, 5) is 0. The summed E-state index contributed by atoms with van der Waals surface area (Å²) in [6, 6.07) is 7.71. The smallest absolute Gasteiger partial charge is 0.0596 e. The lowest BCUT2D eigenvalue weighted by Gasteiger charge is -2.07. The molecule has 0 bridgehead atoms. The van der Waals surface area contributed by atoms with Crippen molar-refractivity contribution in [1.29, 1.82) is 0 Å². The quantitative estimate of drug-likeness (QED) is 0.818. The number of nitrogens with zero attached hydrogens (tertiary/aromatic N) is 2. The Morgan fingerprint density at radius 1 is 1.10 bits per heavy atom. The van der Waals surface area contributed by atoms with Crippen molar-refractivity contribution in [2.75, 3.05) is 6.54 Å². The Balaban J connectivity index is 1.72. The lowest BCUT2D eigenvalue weighted by atomic mass is 10.2. The van der Waals surface area contributed by atoms with Crippen molar-refractivity contribution in [3.8, 4) is 0 Å². The molecule has 1 heterocycles. The van der Waals surface area contributed by atoms with E-state index in [4.69, 9.17) is 23.2 Å². The molecule has 108 valence electrons. The predicted octanol–water partition coefficient (Wildman–Crippen LogP) is 3.99. The summed E-state index contributed by atoms with van der Waals surface area (Å²) in [5.74, 6) is 0. The molecule has 0 saturated heterocycles. The molecule has 1 N–H and O–H groups in total. The number of nitrogens with one attached hydrogen (secondary N) is 1. The predicted molar refractivity (Wildman–Crippen MR) is 84.5 cm³/mol. The van der Waals surface area contributed by atoms with E-state index in [9.17, 15) is 0 Å². The van der Waals surface area contributed by atoms with Crippen molar-refractivity contribution < 1.29 is 0 Å². The molecule has 0 amide bonds. The van der Waals surface area contributed by atoms with Crippen LogP contribution in [-0.2, 0) is 13.1 Å². The number of hydrogen-bond acceptors (Lipinski definition) is 2. The summed E-state index contributed by atoms with van der Waals surface area (Å²) in [5, 5.41) is 9.19. The van der Waals surface area contributed by atoms with E-state index >= 15 is 0 Å². The summed E-state index contributed by atoms with van der Waals surface area (Å²) in [6.07, 6.45) is 1.04. The van der Waals surface area contributed by atoms with Crippen molar-refractivity contribution in [2.45, 2.75) is 33.4 Å². The molecule has 2 aromatic rings. The highest BCUT2D eigenvalue weighted by atomic mass is 35.5. The molecule has 20 heavy (non-hydrogen) atoms. The van der Waals surface area contributed by atoms with Gasteiger partial charge >= 0.3 is 0 Å². The molecule has 0 unspecified atom stereocenters. The third-order valence-electron chi connectivity index (χ3n) is 3.08. The van der Waals surface area contributed by atoms with E-state index in [0.29, 0.717) is 10.0 Å². The summed E-state index contributed by atoms with van der Waals surface area (Å²) >= 11 is 11.9. The first-order valence-corrected chi connectivity index (χ1v) is 7.47. The van der Waals surface area contributed by atoms with Crippen molar-refractivity contribution in [2.24, 2.45) is 0 Å². The number of aromatic nitrogens is 2. The molecule has 0 aliphatic heterocycles. The molecule has 3 nitrogen and oxygen atoms in total. The summed E-state index contributed by atoms with van der Waals surface area (Å²) in [6.45, 7) is 6.74. The van der Waals surface area contributed by atoms with Crippen molar-refractivity contribution in [3.05, 3.63) is 51.3 Å². The standard InChI is InChI=1S/C15H19Cl2N3/c1-11-6-12(2)20(19-11)5-3-4-18-10-13-7-14(16)9-15(17)8-13/h6-9,18H,3-5,10H2,1-2H3. The first-order chi connectivity index (χ1) is 9.54. The maximum atomic E-state index is 5.97. The highest BCUT2D eigenvalue weighted by Crippen LogP contribution is 2.18. The van der Waals surface area contributed by atoms with Gasteiger partial charge in [-0.05, 0) is 56.6 Å². The molecule has 5 heteroatoms. The van der Waals surface area contributed by atoms with Crippen LogP contribution >= 0.6 is 23.2 Å². The van der Waals surface area contributed by atoms with E-state index < -0.39 is 0 Å². The van der Waals surface area contributed by atoms with Crippen LogP contribution in [0.25, 0.3) is 0 Å². The normalized spacial score (nSPS) is 11.0. The minimum absolute atomic E-state index is 0.678. The summed E-state index contributed by atoms with van der Waals surface area (Å²) in [7, 11) is 0. The Morgan fingerprint density at radius 3 is 2.40 bits per heavy atom. The maximum Gasteiger partial charge on any atom is 0.0596 e. The van der Waals surface area contributed by atoms with Gasteiger partial charge in [-0.25, -0.2) is 0 Å². The molecule has 1 aromatic heterocycles. The third kappa shape index (κ3) is 4.51. The second-order valence-electron chi connectivity index (χ2n) is 4.96. The van der Waals surface area contributed by atoms with Gasteiger partial charge in [-0.2, -0.15) is 5.10 Å². The largest absolute Gasteiger partial charge is 0.313 e. The fourth-order valence-corrected chi connectivity index (χ4v) is 2.77. The van der Waals surface area contributed by atoms with Gasteiger partial charge in [-0.3, -0.25) is 4.68 Å². The average molecular weight is 312 g/mol. The monoisotopic (exact) mass is 311 g/mol. The van der Waals surface area contributed by atoms with Crippen LogP contribution in [0.4, 0.5) is 0 Å². The van der Waals surface area contributed by atoms with Gasteiger partial charge in [0.15, 0.2) is 0 Å². The van der Waals surface area contributed by atoms with E-state index in [0.717, 1.165) is 37.3 Å². The van der Waals surface area contributed by atoms with E-state index in [1.54, 1.807) is 6.07 Å². The molecule has 2 rings (SSSR count). The van der Waals surface area contributed by atoms with E-state index in [1.807, 2.05) is 23.7 Å². The van der Waals surface area contributed by atoms with Crippen LogP contribution in [-0.4, -0.2) is 16.3 Å².